The number of benzene rings is 4. The molecule has 0 amide bonds. The molecule has 0 N–H and O–H groups in total. The molecule has 4 aromatic carbocycles. The van der Waals surface area contributed by atoms with Crippen molar-refractivity contribution in [2.45, 2.75) is 25.4 Å². The summed E-state index contributed by atoms with van der Waals surface area (Å²) in [5.74, 6) is 0.581. The Balaban J connectivity index is 1.38. The van der Waals surface area contributed by atoms with Gasteiger partial charge in [-0.3, -0.25) is 0 Å². The fraction of sp³-hybridized carbons (Fsp3) is 0.167. The minimum absolute atomic E-state index is 0.165. The van der Waals surface area contributed by atoms with Crippen LogP contribution in [0.2, 0.25) is 0 Å². The molecule has 4 heteroatoms. The first kappa shape index (κ1) is 20.9. The molecule has 168 valence electrons. The third-order valence-corrected chi connectivity index (χ3v) is 9.01. The summed E-state index contributed by atoms with van der Waals surface area (Å²) in [6.07, 6.45) is 2.60. The molecule has 3 nitrogen and oxygen atoms in total. The van der Waals surface area contributed by atoms with Gasteiger partial charge in [0.1, 0.15) is 11.9 Å². The summed E-state index contributed by atoms with van der Waals surface area (Å²) in [7, 11) is 1.51. The first-order chi connectivity index (χ1) is 16.7. The quantitative estimate of drug-likeness (QED) is 0.199. The van der Waals surface area contributed by atoms with Crippen molar-refractivity contribution in [2.75, 3.05) is 7.11 Å². The van der Waals surface area contributed by atoms with Crippen LogP contribution in [0.15, 0.2) is 91.0 Å². The lowest BCUT2D eigenvalue weighted by molar-refractivity contribution is 0.0256. The Morgan fingerprint density at radius 2 is 1.65 bits per heavy atom. The van der Waals surface area contributed by atoms with Gasteiger partial charge in [0.15, 0.2) is 14.3 Å². The number of ether oxygens (including phenoxy) is 2. The summed E-state index contributed by atoms with van der Waals surface area (Å²) in [5.41, 5.74) is 2.91. The summed E-state index contributed by atoms with van der Waals surface area (Å²) in [5, 5.41) is 2.33. The van der Waals surface area contributed by atoms with E-state index >= 15 is 0 Å². The maximum Gasteiger partial charge on any atom is 0.338 e. The van der Waals surface area contributed by atoms with Crippen LogP contribution in [0.5, 0.6) is 5.75 Å². The molecule has 0 bridgehead atoms. The molecule has 6 rings (SSSR count). The van der Waals surface area contributed by atoms with Gasteiger partial charge in [-0.1, -0.05) is 36.4 Å². The number of esters is 1. The number of hydrogen-bond donors (Lipinski definition) is 0. The number of methoxy groups -OCH3 is 1. The van der Waals surface area contributed by atoms with Gasteiger partial charge < -0.3 is 9.47 Å². The Morgan fingerprint density at radius 3 is 2.50 bits per heavy atom. The molecule has 0 fully saturated rings. The number of carbonyl (C=O) groups excluding carboxylic acids is 1. The van der Waals surface area contributed by atoms with Gasteiger partial charge in [-0.05, 0) is 85.0 Å². The second-order valence-corrected chi connectivity index (χ2v) is 10.6. The summed E-state index contributed by atoms with van der Waals surface area (Å²) < 4.78 is 14.0. The van der Waals surface area contributed by atoms with Crippen LogP contribution in [0.4, 0.5) is 0 Å². The van der Waals surface area contributed by atoms with Crippen LogP contribution in [0, 0.1) is 0 Å². The second-order valence-electron chi connectivity index (χ2n) is 8.68. The molecule has 1 aromatic heterocycles. The molecule has 0 aliphatic heterocycles. The number of thiophene rings is 1. The maximum absolute atomic E-state index is 13.3. The minimum atomic E-state index is -0.263. The zero-order chi connectivity index (χ0) is 23.1. The number of aryl methyl sites for hydroxylation is 1. The average Bonchev–Trinajstić information content (AvgIpc) is 3.22. The molecule has 34 heavy (non-hydrogen) atoms. The zero-order valence-electron chi connectivity index (χ0n) is 19.0. The molecule has 0 saturated heterocycles. The zero-order valence-corrected chi connectivity index (χ0v) is 19.8. The largest absolute Gasteiger partial charge is 0.497 e. The number of hydrogen-bond acceptors (Lipinski definition) is 3. The number of carbonyl (C=O) groups is 1. The van der Waals surface area contributed by atoms with E-state index in [4.69, 9.17) is 9.47 Å². The maximum atomic E-state index is 13.3. The van der Waals surface area contributed by atoms with Crippen molar-refractivity contribution < 1.29 is 14.3 Å². The molecule has 0 radical (unpaired) electrons. The van der Waals surface area contributed by atoms with Crippen LogP contribution in [0.1, 0.15) is 40.4 Å². The molecule has 1 heterocycles. The molecule has 0 saturated carbocycles. The van der Waals surface area contributed by atoms with E-state index in [1.807, 2.05) is 30.3 Å². The predicted octanol–water partition coefficient (Wildman–Crippen LogP) is 7.97. The van der Waals surface area contributed by atoms with E-state index in [0.717, 1.165) is 36.0 Å². The molecule has 1 aliphatic carbocycles. The van der Waals surface area contributed by atoms with Crippen molar-refractivity contribution in [2.24, 2.45) is 0 Å². The van der Waals surface area contributed by atoms with Crippen molar-refractivity contribution in [3.8, 4) is 10.6 Å². The Hall–Kier alpha value is -3.63. The highest BCUT2D eigenvalue weighted by atomic mass is 32.2. The summed E-state index contributed by atoms with van der Waals surface area (Å²) in [6, 6.07) is 31.2. The minimum Gasteiger partial charge on any atom is -0.497 e. The van der Waals surface area contributed by atoms with E-state index in [1.54, 1.807) is 7.11 Å². The van der Waals surface area contributed by atoms with Crippen LogP contribution in [0.25, 0.3) is 25.1 Å². The van der Waals surface area contributed by atoms with Crippen LogP contribution in [-0.4, -0.2) is 13.1 Å². The van der Waals surface area contributed by atoms with E-state index in [-0.39, 0.29) is 22.5 Å². The van der Waals surface area contributed by atoms with E-state index < -0.39 is 0 Å². The van der Waals surface area contributed by atoms with Crippen molar-refractivity contribution >= 4 is 36.6 Å². The highest BCUT2D eigenvalue weighted by Crippen LogP contribution is 2.48. The molecule has 0 spiro atoms. The summed E-state index contributed by atoms with van der Waals surface area (Å²) in [6.45, 7) is 0. The van der Waals surface area contributed by atoms with E-state index in [2.05, 4.69) is 60.7 Å². The fourth-order valence-corrected chi connectivity index (χ4v) is 7.41. The third-order valence-electron chi connectivity index (χ3n) is 6.67. The smallest absolute Gasteiger partial charge is 0.338 e. The predicted molar refractivity (Wildman–Crippen MR) is 139 cm³/mol. The van der Waals surface area contributed by atoms with Crippen LogP contribution in [0.3, 0.4) is 0 Å². The highest BCUT2D eigenvalue weighted by molar-refractivity contribution is 7.50. The van der Waals surface area contributed by atoms with E-state index in [1.165, 1.54) is 25.2 Å². The van der Waals surface area contributed by atoms with Crippen LogP contribution >= 0.6 is 10.5 Å². The van der Waals surface area contributed by atoms with Gasteiger partial charge in [-0.25, -0.2) is 4.79 Å². The topological polar surface area (TPSA) is 35.5 Å². The third kappa shape index (κ3) is 3.55. The van der Waals surface area contributed by atoms with Gasteiger partial charge in [-0.2, -0.15) is 0 Å². The van der Waals surface area contributed by atoms with Crippen molar-refractivity contribution in [1.82, 2.24) is 0 Å². The van der Waals surface area contributed by atoms with Gasteiger partial charge >= 0.3 is 5.97 Å². The molecular formula is C30H25O3S+. The number of fused-ring (bicyclic) bond motifs is 4. The first-order valence-electron chi connectivity index (χ1n) is 11.6. The standard InChI is InChI=1S/C30H25O3S/c1-32-22-15-16-24-20(18-22)8-7-12-27(24)33-30(31)21-14-17-29-26(19-21)25-11-5-6-13-28(25)34(29)23-9-3-2-4-10-23/h2-6,9-11,13-19,27H,7-8,12H2,1H3/q+1. The lowest BCUT2D eigenvalue weighted by Crippen LogP contribution is -2.17. The molecule has 2 unspecified atom stereocenters. The Bertz CT molecular complexity index is 1520. The average molecular weight is 466 g/mol. The van der Waals surface area contributed by atoms with Crippen molar-refractivity contribution in [3.63, 3.8) is 0 Å². The molecule has 1 aliphatic rings. The van der Waals surface area contributed by atoms with Gasteiger partial charge in [-0.15, -0.1) is 0 Å². The first-order valence-corrected chi connectivity index (χ1v) is 12.9. The van der Waals surface area contributed by atoms with Gasteiger partial charge in [0.05, 0.1) is 12.7 Å². The van der Waals surface area contributed by atoms with Crippen LogP contribution in [-0.2, 0) is 11.2 Å². The van der Waals surface area contributed by atoms with Crippen molar-refractivity contribution in [3.05, 3.63) is 108 Å². The van der Waals surface area contributed by atoms with Crippen molar-refractivity contribution in [1.29, 1.82) is 0 Å². The van der Waals surface area contributed by atoms with E-state index in [9.17, 15) is 4.79 Å². The lowest BCUT2D eigenvalue weighted by atomic mass is 9.89. The Labute approximate surface area is 201 Å². The van der Waals surface area contributed by atoms with E-state index in [0.29, 0.717) is 5.56 Å². The molecule has 5 aromatic rings. The lowest BCUT2D eigenvalue weighted by Gasteiger charge is -2.25. The SMILES string of the molecule is COc1ccc2c(c1)CCCC2OC(=O)c1ccc2c(c1)c1ccccc1[s+]2-c1ccccc1. The Morgan fingerprint density at radius 1 is 0.853 bits per heavy atom. The van der Waals surface area contributed by atoms with Gasteiger partial charge in [0, 0.05) is 21.2 Å². The Kier molecular flexibility index (Phi) is 5.31. The summed E-state index contributed by atoms with van der Waals surface area (Å²) in [4.78, 5) is 14.6. The van der Waals surface area contributed by atoms with Gasteiger partial charge in [0.2, 0.25) is 0 Å². The van der Waals surface area contributed by atoms with Gasteiger partial charge in [0.25, 0.3) is 0 Å². The highest BCUT2D eigenvalue weighted by Gasteiger charge is 2.27. The normalized spacial score (nSPS) is 15.8. The summed E-state index contributed by atoms with van der Waals surface area (Å²) >= 11 is 0. The fourth-order valence-electron chi connectivity index (χ4n) is 5.03. The second kappa shape index (κ2) is 8.62. The molecular weight excluding hydrogens is 440 g/mol. The molecule has 2 atom stereocenters. The number of rotatable bonds is 4. The van der Waals surface area contributed by atoms with Crippen LogP contribution < -0.4 is 4.74 Å². The monoisotopic (exact) mass is 465 g/mol.